The molecule has 0 unspecified atom stereocenters. The van der Waals surface area contributed by atoms with E-state index in [0.29, 0.717) is 0 Å². The maximum atomic E-state index is 10.2. The van der Waals surface area contributed by atoms with Crippen LogP contribution in [0.2, 0.25) is 0 Å². The van der Waals surface area contributed by atoms with Crippen LogP contribution in [0.4, 0.5) is 0 Å². The third-order valence-corrected chi connectivity index (χ3v) is 3.50. The van der Waals surface area contributed by atoms with E-state index in [1.807, 2.05) is 6.92 Å². The molecule has 0 aliphatic rings. The van der Waals surface area contributed by atoms with Gasteiger partial charge in [0.25, 0.3) is 0 Å². The third kappa shape index (κ3) is 17.2. The number of aliphatic hydroxyl groups is 1. The first-order valence-corrected chi connectivity index (χ1v) is 8.20. The summed E-state index contributed by atoms with van der Waals surface area (Å²) in [6.07, 6.45) is 17.2. The van der Waals surface area contributed by atoms with E-state index in [-0.39, 0.29) is 6.10 Å². The summed E-state index contributed by atoms with van der Waals surface area (Å²) >= 11 is 0. The number of allylic oxidation sites excluding steroid dienone is 1. The number of hydrogen-bond donors (Lipinski definition) is 2. The first-order chi connectivity index (χ1) is 9.63. The molecule has 0 saturated carbocycles. The second-order valence-electron chi connectivity index (χ2n) is 5.70. The highest BCUT2D eigenvalue weighted by Crippen LogP contribution is 2.12. The maximum Gasteiger partial charge on any atom is 0.327 e. The van der Waals surface area contributed by atoms with Gasteiger partial charge in [-0.15, -0.1) is 0 Å². The summed E-state index contributed by atoms with van der Waals surface area (Å²) < 4.78 is 0. The first-order valence-electron chi connectivity index (χ1n) is 8.20. The zero-order chi connectivity index (χ0) is 15.1. The van der Waals surface area contributed by atoms with E-state index < -0.39 is 5.97 Å². The molecule has 0 bridgehead atoms. The van der Waals surface area contributed by atoms with E-state index in [1.165, 1.54) is 57.4 Å². The molecule has 2 N–H and O–H groups in total. The lowest BCUT2D eigenvalue weighted by Gasteiger charge is -2.04. The molecule has 0 spiro atoms. The van der Waals surface area contributed by atoms with Gasteiger partial charge >= 0.3 is 5.97 Å². The number of rotatable bonds is 14. The Morgan fingerprint density at radius 2 is 1.35 bits per heavy atom. The lowest BCUT2D eigenvalue weighted by atomic mass is 10.0. The number of aliphatic hydroxyl groups excluding tert-OH is 1. The summed E-state index contributed by atoms with van der Waals surface area (Å²) in [6.45, 7) is 1.86. The molecule has 0 rings (SSSR count). The van der Waals surface area contributed by atoms with Crippen molar-refractivity contribution >= 4 is 5.97 Å². The van der Waals surface area contributed by atoms with Crippen molar-refractivity contribution in [3.63, 3.8) is 0 Å². The molecule has 0 aromatic carbocycles. The molecular weight excluding hydrogens is 252 g/mol. The van der Waals surface area contributed by atoms with Crippen molar-refractivity contribution in [3.8, 4) is 0 Å². The fraction of sp³-hybridized carbons (Fsp3) is 0.824. The normalized spacial score (nSPS) is 12.9. The van der Waals surface area contributed by atoms with Gasteiger partial charge in [0.2, 0.25) is 0 Å². The summed E-state index contributed by atoms with van der Waals surface area (Å²) in [4.78, 5) is 10.2. The third-order valence-electron chi connectivity index (χ3n) is 3.50. The van der Waals surface area contributed by atoms with Gasteiger partial charge < -0.3 is 10.2 Å². The Bertz CT molecular complexity index is 247. The van der Waals surface area contributed by atoms with E-state index >= 15 is 0 Å². The number of unbranched alkanes of at least 4 members (excludes halogenated alkanes) is 10. The van der Waals surface area contributed by atoms with E-state index in [2.05, 4.69) is 0 Å². The highest BCUT2D eigenvalue weighted by molar-refractivity contribution is 5.79. The van der Waals surface area contributed by atoms with Crippen molar-refractivity contribution in [2.45, 2.75) is 90.1 Å². The van der Waals surface area contributed by atoms with Crippen LogP contribution in [0.3, 0.4) is 0 Å². The minimum Gasteiger partial charge on any atom is -0.478 e. The van der Waals surface area contributed by atoms with E-state index in [1.54, 1.807) is 6.08 Å². The van der Waals surface area contributed by atoms with Gasteiger partial charge in [-0.3, -0.25) is 0 Å². The quantitative estimate of drug-likeness (QED) is 0.359. The Labute approximate surface area is 124 Å². The zero-order valence-electron chi connectivity index (χ0n) is 13.0. The lowest BCUT2D eigenvalue weighted by molar-refractivity contribution is -0.131. The molecule has 0 fully saturated rings. The molecule has 3 nitrogen and oxygen atoms in total. The van der Waals surface area contributed by atoms with Crippen LogP contribution >= 0.6 is 0 Å². The average Bonchev–Trinajstić information content (AvgIpc) is 2.38. The lowest BCUT2D eigenvalue weighted by Crippen LogP contribution is -1.98. The minimum absolute atomic E-state index is 0.139. The SMILES string of the molecule is C[C@@H](O)CCCCCCCCCCCC/C=C/C(=O)O. The Balaban J connectivity index is 3.04. The molecule has 0 aromatic rings. The highest BCUT2D eigenvalue weighted by Gasteiger charge is 1.96. The topological polar surface area (TPSA) is 57.5 Å². The molecule has 0 saturated heterocycles. The Morgan fingerprint density at radius 3 is 1.80 bits per heavy atom. The number of hydrogen-bond acceptors (Lipinski definition) is 2. The van der Waals surface area contributed by atoms with Gasteiger partial charge in [0.15, 0.2) is 0 Å². The van der Waals surface area contributed by atoms with Crippen LogP contribution in [0, 0.1) is 0 Å². The summed E-state index contributed by atoms with van der Waals surface area (Å²) in [5.74, 6) is -0.849. The molecule has 0 aliphatic heterocycles. The standard InChI is InChI=1S/C17H32O3/c1-16(18)14-12-10-8-6-4-2-3-5-7-9-11-13-15-17(19)20/h13,15-16,18H,2-12,14H2,1H3,(H,19,20)/b15-13+/t16-/m1/s1. The van der Waals surface area contributed by atoms with Gasteiger partial charge in [-0.25, -0.2) is 4.79 Å². The van der Waals surface area contributed by atoms with Crippen LogP contribution in [-0.4, -0.2) is 22.3 Å². The fourth-order valence-electron chi connectivity index (χ4n) is 2.30. The molecule has 3 heteroatoms. The predicted molar refractivity (Wildman–Crippen MR) is 83.9 cm³/mol. The van der Waals surface area contributed by atoms with Crippen LogP contribution in [0.15, 0.2) is 12.2 Å². The molecule has 0 radical (unpaired) electrons. The van der Waals surface area contributed by atoms with Crippen molar-refractivity contribution < 1.29 is 15.0 Å². The molecular formula is C17H32O3. The van der Waals surface area contributed by atoms with Crippen LogP contribution in [0.1, 0.15) is 84.0 Å². The van der Waals surface area contributed by atoms with Gasteiger partial charge in [0.05, 0.1) is 6.10 Å². The van der Waals surface area contributed by atoms with Gasteiger partial charge in [-0.2, -0.15) is 0 Å². The number of carboxylic acid groups (broad SMARTS) is 1. The molecule has 0 aliphatic carbocycles. The van der Waals surface area contributed by atoms with Gasteiger partial charge in [-0.1, -0.05) is 63.9 Å². The van der Waals surface area contributed by atoms with Crippen LogP contribution in [0.25, 0.3) is 0 Å². The summed E-state index contributed by atoms with van der Waals surface area (Å²) in [7, 11) is 0. The Hall–Kier alpha value is -0.830. The van der Waals surface area contributed by atoms with Crippen molar-refractivity contribution in [3.05, 3.63) is 12.2 Å². The second-order valence-corrected chi connectivity index (χ2v) is 5.70. The van der Waals surface area contributed by atoms with Crippen LogP contribution in [0.5, 0.6) is 0 Å². The molecule has 118 valence electrons. The number of carboxylic acids is 1. The summed E-state index contributed by atoms with van der Waals surface area (Å²) in [5.41, 5.74) is 0. The van der Waals surface area contributed by atoms with Crippen LogP contribution < -0.4 is 0 Å². The van der Waals surface area contributed by atoms with Gasteiger partial charge in [0, 0.05) is 6.08 Å². The molecule has 20 heavy (non-hydrogen) atoms. The van der Waals surface area contributed by atoms with Crippen molar-refractivity contribution in [2.24, 2.45) is 0 Å². The van der Waals surface area contributed by atoms with Gasteiger partial charge in [0.1, 0.15) is 0 Å². The summed E-state index contributed by atoms with van der Waals surface area (Å²) in [6, 6.07) is 0. The largest absolute Gasteiger partial charge is 0.478 e. The molecule has 0 aromatic heterocycles. The van der Waals surface area contributed by atoms with E-state index in [4.69, 9.17) is 10.2 Å². The van der Waals surface area contributed by atoms with Crippen molar-refractivity contribution in [1.82, 2.24) is 0 Å². The Morgan fingerprint density at radius 1 is 0.900 bits per heavy atom. The number of aliphatic carboxylic acids is 1. The average molecular weight is 284 g/mol. The zero-order valence-corrected chi connectivity index (χ0v) is 13.0. The highest BCUT2D eigenvalue weighted by atomic mass is 16.4. The molecule has 1 atom stereocenters. The maximum absolute atomic E-state index is 10.2. The van der Waals surface area contributed by atoms with Crippen molar-refractivity contribution in [1.29, 1.82) is 0 Å². The second kappa shape index (κ2) is 14.6. The Kier molecular flexibility index (Phi) is 14.0. The predicted octanol–water partition coefficient (Wildman–Crippen LogP) is 4.69. The molecule has 0 heterocycles. The molecule has 0 amide bonds. The fourth-order valence-corrected chi connectivity index (χ4v) is 2.30. The van der Waals surface area contributed by atoms with Crippen LogP contribution in [-0.2, 0) is 4.79 Å². The monoisotopic (exact) mass is 284 g/mol. The van der Waals surface area contributed by atoms with Crippen molar-refractivity contribution in [2.75, 3.05) is 0 Å². The summed E-state index contributed by atoms with van der Waals surface area (Å²) in [5, 5.41) is 17.5. The smallest absolute Gasteiger partial charge is 0.327 e. The number of carbonyl (C=O) groups is 1. The van der Waals surface area contributed by atoms with E-state index in [9.17, 15) is 4.79 Å². The first kappa shape index (κ1) is 19.2. The van der Waals surface area contributed by atoms with E-state index in [0.717, 1.165) is 25.7 Å². The van der Waals surface area contributed by atoms with Gasteiger partial charge in [-0.05, 0) is 26.2 Å². The minimum atomic E-state index is -0.849.